The van der Waals surface area contributed by atoms with Crippen LogP contribution < -0.4 is 5.32 Å². The molecule has 0 amide bonds. The Balaban J connectivity index is 2.08. The molecule has 0 aromatic heterocycles. The molecule has 0 saturated carbocycles. The van der Waals surface area contributed by atoms with Gasteiger partial charge in [0, 0.05) is 6.04 Å². The molecule has 0 spiro atoms. The number of aliphatic hydroxyl groups excluding tert-OH is 1. The molecule has 2 aromatic rings. The van der Waals surface area contributed by atoms with E-state index in [4.69, 9.17) is 0 Å². The Morgan fingerprint density at radius 3 is 2.15 bits per heavy atom. The number of aliphatic hydroxyl groups is 1. The molecule has 2 N–H and O–H groups in total. The molecule has 0 bridgehead atoms. The molecule has 2 heteroatoms. The van der Waals surface area contributed by atoms with E-state index in [1.165, 1.54) is 11.1 Å². The van der Waals surface area contributed by atoms with Crippen LogP contribution in [0.3, 0.4) is 0 Å². The van der Waals surface area contributed by atoms with Crippen LogP contribution in [0.5, 0.6) is 0 Å². The Kier molecular flexibility index (Phi) is 5.33. The summed E-state index contributed by atoms with van der Waals surface area (Å²) in [7, 11) is 0. The second-order valence-electron chi connectivity index (χ2n) is 5.13. The molecule has 20 heavy (non-hydrogen) atoms. The Morgan fingerprint density at radius 1 is 0.950 bits per heavy atom. The van der Waals surface area contributed by atoms with Crippen molar-refractivity contribution in [2.75, 3.05) is 6.61 Å². The van der Waals surface area contributed by atoms with Crippen molar-refractivity contribution in [3.63, 3.8) is 0 Å². The summed E-state index contributed by atoms with van der Waals surface area (Å²) in [6.45, 7) is 4.37. The van der Waals surface area contributed by atoms with Gasteiger partial charge in [0.1, 0.15) is 0 Å². The average Bonchev–Trinajstić information content (AvgIpc) is 2.53. The predicted molar refractivity (Wildman–Crippen MR) is 83.6 cm³/mol. The Hall–Kier alpha value is -1.64. The van der Waals surface area contributed by atoms with Gasteiger partial charge in [-0.05, 0) is 30.0 Å². The summed E-state index contributed by atoms with van der Waals surface area (Å²) in [5.41, 5.74) is 3.69. The Labute approximate surface area is 121 Å². The van der Waals surface area contributed by atoms with Gasteiger partial charge in [-0.15, -0.1) is 0 Å². The van der Waals surface area contributed by atoms with E-state index in [2.05, 4.69) is 55.6 Å². The highest BCUT2D eigenvalue weighted by Crippen LogP contribution is 2.20. The molecular weight excluding hydrogens is 246 g/mol. The van der Waals surface area contributed by atoms with Crippen LogP contribution in [0, 0.1) is 0 Å². The summed E-state index contributed by atoms with van der Waals surface area (Å²) in [6.07, 6.45) is 1.04. The van der Waals surface area contributed by atoms with Crippen LogP contribution >= 0.6 is 0 Å². The first-order chi connectivity index (χ1) is 9.74. The van der Waals surface area contributed by atoms with Crippen molar-refractivity contribution >= 4 is 0 Å². The molecule has 0 saturated heterocycles. The SMILES string of the molecule is CCc1ccc(C(CO)NC(C)c2ccccc2)cc1. The van der Waals surface area contributed by atoms with Gasteiger partial charge in [-0.3, -0.25) is 0 Å². The molecule has 0 heterocycles. The fourth-order valence-corrected chi connectivity index (χ4v) is 2.38. The zero-order valence-electron chi connectivity index (χ0n) is 12.2. The van der Waals surface area contributed by atoms with E-state index in [-0.39, 0.29) is 18.7 Å². The molecule has 2 rings (SSSR count). The van der Waals surface area contributed by atoms with E-state index in [1.807, 2.05) is 18.2 Å². The highest BCUT2D eigenvalue weighted by Gasteiger charge is 2.14. The number of rotatable bonds is 6. The monoisotopic (exact) mass is 269 g/mol. The molecule has 0 aliphatic rings. The van der Waals surface area contributed by atoms with Gasteiger partial charge >= 0.3 is 0 Å². The quantitative estimate of drug-likeness (QED) is 0.839. The van der Waals surface area contributed by atoms with Gasteiger partial charge in [-0.2, -0.15) is 0 Å². The van der Waals surface area contributed by atoms with Crippen LogP contribution in [0.15, 0.2) is 54.6 Å². The summed E-state index contributed by atoms with van der Waals surface area (Å²) >= 11 is 0. The standard InChI is InChI=1S/C18H23NO/c1-3-15-9-11-17(12-10-15)18(13-20)19-14(2)16-7-5-4-6-8-16/h4-12,14,18-20H,3,13H2,1-2H3. The smallest absolute Gasteiger partial charge is 0.0626 e. The third-order valence-corrected chi connectivity index (χ3v) is 3.72. The van der Waals surface area contributed by atoms with Crippen LogP contribution in [-0.4, -0.2) is 11.7 Å². The molecule has 2 unspecified atom stereocenters. The van der Waals surface area contributed by atoms with Crippen molar-refractivity contribution in [3.05, 3.63) is 71.3 Å². The minimum absolute atomic E-state index is 0.0314. The molecule has 2 aromatic carbocycles. The topological polar surface area (TPSA) is 32.3 Å². The van der Waals surface area contributed by atoms with Gasteiger partial charge in [0.25, 0.3) is 0 Å². The van der Waals surface area contributed by atoms with Crippen LogP contribution in [-0.2, 0) is 6.42 Å². The molecule has 0 radical (unpaired) electrons. The minimum Gasteiger partial charge on any atom is -0.394 e. The zero-order chi connectivity index (χ0) is 14.4. The second kappa shape index (κ2) is 7.22. The lowest BCUT2D eigenvalue weighted by Crippen LogP contribution is -2.27. The van der Waals surface area contributed by atoms with Crippen molar-refractivity contribution in [2.24, 2.45) is 0 Å². The van der Waals surface area contributed by atoms with E-state index >= 15 is 0 Å². The number of hydrogen-bond acceptors (Lipinski definition) is 2. The third-order valence-electron chi connectivity index (χ3n) is 3.72. The lowest BCUT2D eigenvalue weighted by Gasteiger charge is -2.22. The number of nitrogens with one attached hydrogen (secondary N) is 1. The fourth-order valence-electron chi connectivity index (χ4n) is 2.38. The highest BCUT2D eigenvalue weighted by atomic mass is 16.3. The molecular formula is C18H23NO. The lowest BCUT2D eigenvalue weighted by atomic mass is 10.0. The summed E-state index contributed by atoms with van der Waals surface area (Å²) in [5, 5.41) is 13.1. The van der Waals surface area contributed by atoms with E-state index in [0.717, 1.165) is 12.0 Å². The number of hydrogen-bond donors (Lipinski definition) is 2. The molecule has 0 aliphatic carbocycles. The maximum absolute atomic E-state index is 9.64. The first-order valence-corrected chi connectivity index (χ1v) is 7.25. The van der Waals surface area contributed by atoms with Crippen LogP contribution in [0.25, 0.3) is 0 Å². The van der Waals surface area contributed by atoms with Crippen LogP contribution in [0.1, 0.15) is 42.6 Å². The van der Waals surface area contributed by atoms with E-state index in [1.54, 1.807) is 0 Å². The van der Waals surface area contributed by atoms with Crippen molar-refractivity contribution in [1.82, 2.24) is 5.32 Å². The van der Waals surface area contributed by atoms with Crippen LogP contribution in [0.4, 0.5) is 0 Å². The van der Waals surface area contributed by atoms with Crippen LogP contribution in [0.2, 0.25) is 0 Å². The maximum atomic E-state index is 9.64. The summed E-state index contributed by atoms with van der Waals surface area (Å²) in [5.74, 6) is 0. The molecule has 106 valence electrons. The summed E-state index contributed by atoms with van der Waals surface area (Å²) in [4.78, 5) is 0. The van der Waals surface area contributed by atoms with E-state index in [0.29, 0.717) is 0 Å². The maximum Gasteiger partial charge on any atom is 0.0626 e. The van der Waals surface area contributed by atoms with Gasteiger partial charge in [-0.1, -0.05) is 61.5 Å². The molecule has 2 atom stereocenters. The first-order valence-electron chi connectivity index (χ1n) is 7.25. The zero-order valence-corrected chi connectivity index (χ0v) is 12.2. The van der Waals surface area contributed by atoms with Gasteiger partial charge < -0.3 is 10.4 Å². The van der Waals surface area contributed by atoms with Gasteiger partial charge in [0.05, 0.1) is 12.6 Å². The van der Waals surface area contributed by atoms with Gasteiger partial charge in [-0.25, -0.2) is 0 Å². The Morgan fingerprint density at radius 2 is 1.60 bits per heavy atom. The second-order valence-corrected chi connectivity index (χ2v) is 5.13. The first kappa shape index (κ1) is 14.8. The van der Waals surface area contributed by atoms with Crippen molar-refractivity contribution in [2.45, 2.75) is 32.4 Å². The lowest BCUT2D eigenvalue weighted by molar-refractivity contribution is 0.235. The van der Waals surface area contributed by atoms with Crippen molar-refractivity contribution in [1.29, 1.82) is 0 Å². The Bertz CT molecular complexity index is 507. The molecule has 0 fully saturated rings. The number of aryl methyl sites for hydroxylation is 1. The van der Waals surface area contributed by atoms with Gasteiger partial charge in [0.2, 0.25) is 0 Å². The van der Waals surface area contributed by atoms with E-state index in [9.17, 15) is 5.11 Å². The highest BCUT2D eigenvalue weighted by molar-refractivity contribution is 5.26. The number of benzene rings is 2. The van der Waals surface area contributed by atoms with E-state index < -0.39 is 0 Å². The summed E-state index contributed by atoms with van der Waals surface area (Å²) in [6, 6.07) is 18.9. The molecule has 0 aliphatic heterocycles. The predicted octanol–water partition coefficient (Wildman–Crippen LogP) is 3.63. The summed E-state index contributed by atoms with van der Waals surface area (Å²) < 4.78 is 0. The average molecular weight is 269 g/mol. The minimum atomic E-state index is -0.0314. The third kappa shape index (κ3) is 3.69. The van der Waals surface area contributed by atoms with Gasteiger partial charge in [0.15, 0.2) is 0 Å². The fraction of sp³-hybridized carbons (Fsp3) is 0.333. The molecule has 2 nitrogen and oxygen atoms in total. The normalized spacial score (nSPS) is 13.9. The van der Waals surface area contributed by atoms with Crippen molar-refractivity contribution < 1.29 is 5.11 Å². The van der Waals surface area contributed by atoms with Crippen molar-refractivity contribution in [3.8, 4) is 0 Å². The largest absolute Gasteiger partial charge is 0.394 e.